The maximum absolute atomic E-state index is 12.3. The summed E-state index contributed by atoms with van der Waals surface area (Å²) in [5.74, 6) is 0.318. The van der Waals surface area contributed by atoms with Gasteiger partial charge in [-0.3, -0.25) is 14.9 Å². The van der Waals surface area contributed by atoms with Gasteiger partial charge in [0.05, 0.1) is 15.6 Å². The highest BCUT2D eigenvalue weighted by Crippen LogP contribution is 2.31. The van der Waals surface area contributed by atoms with Crippen LogP contribution in [0.1, 0.15) is 12.5 Å². The van der Waals surface area contributed by atoms with E-state index in [4.69, 9.17) is 20.8 Å². The number of nitrogens with zero attached hydrogens (tertiary/aromatic N) is 2. The van der Waals surface area contributed by atoms with E-state index in [1.165, 1.54) is 24.3 Å². The first-order valence-corrected chi connectivity index (χ1v) is 10.2. The SMILES string of the molecule is CCc1ccc2oc(-c3ccc(Cl)c(NC(=O)COc4ccc([N+](=O)[O-])cc4)c3)nc2c1. The molecule has 0 saturated carbocycles. The predicted octanol–water partition coefficient (Wildman–Crippen LogP) is 5.64. The molecule has 0 atom stereocenters. The van der Waals surface area contributed by atoms with E-state index in [1.54, 1.807) is 18.2 Å². The average molecular weight is 452 g/mol. The Morgan fingerprint density at radius 1 is 1.16 bits per heavy atom. The number of ether oxygens (including phenoxy) is 1. The van der Waals surface area contributed by atoms with Gasteiger partial charge in [-0.1, -0.05) is 24.6 Å². The normalized spacial score (nSPS) is 10.8. The molecule has 0 aliphatic carbocycles. The van der Waals surface area contributed by atoms with Gasteiger partial charge in [0.25, 0.3) is 11.6 Å². The van der Waals surface area contributed by atoms with Crippen LogP contribution >= 0.6 is 11.6 Å². The fourth-order valence-corrected chi connectivity index (χ4v) is 3.23. The Hall–Kier alpha value is -3.91. The number of aromatic nitrogens is 1. The van der Waals surface area contributed by atoms with Crippen molar-refractivity contribution in [2.75, 3.05) is 11.9 Å². The summed E-state index contributed by atoms with van der Waals surface area (Å²) in [5.41, 5.74) is 3.59. The molecule has 1 aromatic heterocycles. The van der Waals surface area contributed by atoms with Crippen LogP contribution in [0.3, 0.4) is 0 Å². The van der Waals surface area contributed by atoms with Crippen LogP contribution in [0.2, 0.25) is 5.02 Å². The first-order valence-electron chi connectivity index (χ1n) is 9.79. The summed E-state index contributed by atoms with van der Waals surface area (Å²) in [7, 11) is 0. The van der Waals surface area contributed by atoms with Crippen molar-refractivity contribution in [3.63, 3.8) is 0 Å². The van der Waals surface area contributed by atoms with Gasteiger partial charge in [-0.15, -0.1) is 0 Å². The second-order valence-electron chi connectivity index (χ2n) is 6.96. The molecule has 3 aromatic carbocycles. The number of non-ortho nitro benzene ring substituents is 1. The van der Waals surface area contributed by atoms with Crippen LogP contribution < -0.4 is 10.1 Å². The summed E-state index contributed by atoms with van der Waals surface area (Å²) >= 11 is 6.24. The molecule has 0 aliphatic rings. The van der Waals surface area contributed by atoms with Gasteiger partial charge in [0, 0.05) is 17.7 Å². The van der Waals surface area contributed by atoms with Crippen LogP contribution in [0, 0.1) is 10.1 Å². The molecule has 4 aromatic rings. The molecule has 0 radical (unpaired) electrons. The van der Waals surface area contributed by atoms with Crippen LogP contribution in [0.15, 0.2) is 65.1 Å². The third kappa shape index (κ3) is 4.70. The number of rotatable bonds is 7. The standard InChI is InChI=1S/C23H18ClN3O5/c1-2-14-3-10-21-20(11-14)26-23(32-21)15-4-9-18(24)19(12-15)25-22(28)13-31-17-7-5-16(6-8-17)27(29)30/h3-12H,2,13H2,1H3,(H,25,28). The van der Waals surface area contributed by atoms with Gasteiger partial charge in [0.1, 0.15) is 11.3 Å². The molecule has 1 amide bonds. The van der Waals surface area contributed by atoms with E-state index < -0.39 is 10.8 Å². The predicted molar refractivity (Wildman–Crippen MR) is 121 cm³/mol. The third-order valence-corrected chi connectivity index (χ3v) is 5.09. The molecule has 1 heterocycles. The van der Waals surface area contributed by atoms with E-state index in [-0.39, 0.29) is 12.3 Å². The number of carbonyl (C=O) groups is 1. The van der Waals surface area contributed by atoms with E-state index in [0.717, 1.165) is 17.5 Å². The van der Waals surface area contributed by atoms with Gasteiger partial charge < -0.3 is 14.5 Å². The molecule has 0 aliphatic heterocycles. The zero-order valence-corrected chi connectivity index (χ0v) is 17.8. The zero-order valence-electron chi connectivity index (χ0n) is 17.0. The van der Waals surface area contributed by atoms with E-state index in [0.29, 0.717) is 33.5 Å². The fourth-order valence-electron chi connectivity index (χ4n) is 3.07. The van der Waals surface area contributed by atoms with Crippen LogP contribution in [0.25, 0.3) is 22.6 Å². The molecule has 1 N–H and O–H groups in total. The number of hydrogen-bond acceptors (Lipinski definition) is 6. The van der Waals surface area contributed by atoms with Crippen LogP contribution in [-0.4, -0.2) is 22.4 Å². The number of aryl methyl sites for hydroxylation is 1. The molecule has 4 rings (SSSR count). The molecular weight excluding hydrogens is 434 g/mol. The molecular formula is C23H18ClN3O5. The van der Waals surface area contributed by atoms with Gasteiger partial charge >= 0.3 is 0 Å². The number of nitro benzene ring substituents is 1. The Kier molecular flexibility index (Phi) is 6.04. The summed E-state index contributed by atoms with van der Waals surface area (Å²) in [6.45, 7) is 1.78. The molecule has 8 nitrogen and oxygen atoms in total. The first-order chi connectivity index (χ1) is 15.4. The highest BCUT2D eigenvalue weighted by atomic mass is 35.5. The number of nitro groups is 1. The minimum Gasteiger partial charge on any atom is -0.484 e. The van der Waals surface area contributed by atoms with Crippen molar-refractivity contribution < 1.29 is 18.9 Å². The number of fused-ring (bicyclic) bond motifs is 1. The second-order valence-corrected chi connectivity index (χ2v) is 7.36. The number of hydrogen-bond donors (Lipinski definition) is 1. The smallest absolute Gasteiger partial charge is 0.269 e. The number of benzene rings is 3. The Bertz CT molecular complexity index is 1300. The van der Waals surface area contributed by atoms with Gasteiger partial charge in [-0.05, 0) is 54.4 Å². The van der Waals surface area contributed by atoms with E-state index in [1.807, 2.05) is 18.2 Å². The average Bonchev–Trinajstić information content (AvgIpc) is 3.22. The quantitative estimate of drug-likeness (QED) is 0.288. The Morgan fingerprint density at radius 3 is 2.66 bits per heavy atom. The summed E-state index contributed by atoms with van der Waals surface area (Å²) in [4.78, 5) is 27.1. The lowest BCUT2D eigenvalue weighted by Gasteiger charge is -2.09. The number of carbonyl (C=O) groups excluding carboxylic acids is 1. The lowest BCUT2D eigenvalue weighted by Crippen LogP contribution is -2.20. The Labute approximate surface area is 187 Å². The summed E-state index contributed by atoms with van der Waals surface area (Å²) in [5, 5.41) is 13.7. The van der Waals surface area contributed by atoms with Crippen LogP contribution in [0.4, 0.5) is 11.4 Å². The van der Waals surface area contributed by atoms with Crippen molar-refractivity contribution in [3.8, 4) is 17.2 Å². The highest BCUT2D eigenvalue weighted by Gasteiger charge is 2.13. The molecule has 0 saturated heterocycles. The van der Waals surface area contributed by atoms with Crippen molar-refractivity contribution in [2.24, 2.45) is 0 Å². The Morgan fingerprint density at radius 2 is 1.94 bits per heavy atom. The topological polar surface area (TPSA) is 108 Å². The zero-order chi connectivity index (χ0) is 22.7. The van der Waals surface area contributed by atoms with Crippen molar-refractivity contribution in [1.29, 1.82) is 0 Å². The van der Waals surface area contributed by atoms with Crippen molar-refractivity contribution in [2.45, 2.75) is 13.3 Å². The van der Waals surface area contributed by atoms with Gasteiger partial charge in [-0.25, -0.2) is 4.98 Å². The third-order valence-electron chi connectivity index (χ3n) is 4.77. The fraction of sp³-hybridized carbons (Fsp3) is 0.130. The number of amides is 1. The second kappa shape index (κ2) is 9.07. The molecule has 0 spiro atoms. The number of halogens is 1. The molecule has 9 heteroatoms. The maximum Gasteiger partial charge on any atom is 0.269 e. The van der Waals surface area contributed by atoms with E-state index in [2.05, 4.69) is 17.2 Å². The van der Waals surface area contributed by atoms with Gasteiger partial charge in [0.15, 0.2) is 12.2 Å². The van der Waals surface area contributed by atoms with E-state index >= 15 is 0 Å². The first kappa shape index (κ1) is 21.3. The van der Waals surface area contributed by atoms with Gasteiger partial charge in [0.2, 0.25) is 5.89 Å². The van der Waals surface area contributed by atoms with Crippen molar-refractivity contribution in [3.05, 3.63) is 81.4 Å². The molecule has 162 valence electrons. The van der Waals surface area contributed by atoms with Crippen LogP contribution in [0.5, 0.6) is 5.75 Å². The largest absolute Gasteiger partial charge is 0.484 e. The van der Waals surface area contributed by atoms with Crippen molar-refractivity contribution in [1.82, 2.24) is 4.98 Å². The minimum absolute atomic E-state index is 0.0597. The number of nitrogens with one attached hydrogen (secondary N) is 1. The summed E-state index contributed by atoms with van der Waals surface area (Å²) in [6, 6.07) is 16.4. The number of anilines is 1. The molecule has 32 heavy (non-hydrogen) atoms. The van der Waals surface area contributed by atoms with Crippen LogP contribution in [-0.2, 0) is 11.2 Å². The van der Waals surface area contributed by atoms with E-state index in [9.17, 15) is 14.9 Å². The maximum atomic E-state index is 12.3. The lowest BCUT2D eigenvalue weighted by molar-refractivity contribution is -0.384. The monoisotopic (exact) mass is 451 g/mol. The molecule has 0 fully saturated rings. The van der Waals surface area contributed by atoms with Crippen molar-refractivity contribution >= 4 is 40.0 Å². The minimum atomic E-state index is -0.509. The Balaban J connectivity index is 1.46. The molecule has 0 bridgehead atoms. The number of oxazole rings is 1. The molecule has 0 unspecified atom stereocenters. The van der Waals surface area contributed by atoms with Gasteiger partial charge in [-0.2, -0.15) is 0 Å². The lowest BCUT2D eigenvalue weighted by atomic mass is 10.1. The highest BCUT2D eigenvalue weighted by molar-refractivity contribution is 6.33. The summed E-state index contributed by atoms with van der Waals surface area (Å²) < 4.78 is 11.2. The summed E-state index contributed by atoms with van der Waals surface area (Å²) in [6.07, 6.45) is 0.900.